The van der Waals surface area contributed by atoms with Crippen molar-refractivity contribution < 1.29 is 12.9 Å². The van der Waals surface area contributed by atoms with Crippen LogP contribution in [0.15, 0.2) is 24.2 Å². The average molecular weight is 206 g/mol. The van der Waals surface area contributed by atoms with Gasteiger partial charge in [-0.25, -0.2) is 4.98 Å². The van der Waals surface area contributed by atoms with E-state index in [0.717, 1.165) is 6.08 Å². The minimum Gasteiger partial charge on any atom is -0.445 e. The second kappa shape index (κ2) is 3.83. The minimum absolute atomic E-state index is 0.178. The maximum absolute atomic E-state index is 11.8. The Bertz CT molecular complexity index is 324. The maximum atomic E-state index is 11.8. The zero-order chi connectivity index (χ0) is 9.90. The fourth-order valence-corrected chi connectivity index (χ4v) is 0.895. The zero-order valence-corrected chi connectivity index (χ0v) is 7.18. The predicted octanol–water partition coefficient (Wildman–Crippen LogP) is 3.13. The summed E-state index contributed by atoms with van der Waals surface area (Å²) in [4.78, 5) is 3.66. The summed E-state index contributed by atoms with van der Waals surface area (Å²) in [6, 6.07) is 4.49. The Kier molecular flexibility index (Phi) is 2.98. The van der Waals surface area contributed by atoms with Crippen LogP contribution in [0.1, 0.15) is 5.69 Å². The molecule has 0 saturated carbocycles. The molecule has 0 saturated heterocycles. The normalized spacial score (nSPS) is 12.3. The van der Waals surface area contributed by atoms with Gasteiger partial charge in [-0.2, -0.15) is 0 Å². The van der Waals surface area contributed by atoms with E-state index in [2.05, 4.69) is 4.98 Å². The molecule has 0 atom stereocenters. The molecule has 1 aromatic rings. The first-order valence-electron chi connectivity index (χ1n) is 3.49. The van der Waals surface area contributed by atoms with Gasteiger partial charge >= 0.3 is 6.98 Å². The average Bonchev–Trinajstić information content (AvgIpc) is 2.00. The molecule has 0 aromatic carbocycles. The van der Waals surface area contributed by atoms with E-state index in [9.17, 15) is 12.9 Å². The van der Waals surface area contributed by atoms with Crippen molar-refractivity contribution >= 4 is 24.7 Å². The van der Waals surface area contributed by atoms with Gasteiger partial charge in [0.15, 0.2) is 0 Å². The first-order valence-corrected chi connectivity index (χ1v) is 3.87. The lowest BCUT2D eigenvalue weighted by Crippen LogP contribution is -2.09. The summed E-state index contributed by atoms with van der Waals surface area (Å²) in [6.45, 7) is -4.90. The van der Waals surface area contributed by atoms with Crippen molar-refractivity contribution in [2.75, 3.05) is 0 Å². The third-order valence-corrected chi connectivity index (χ3v) is 1.43. The summed E-state index contributed by atoms with van der Waals surface area (Å²) in [5.41, 5.74) is 0.201. The van der Waals surface area contributed by atoms with E-state index in [1.54, 1.807) is 6.07 Å². The van der Waals surface area contributed by atoms with Crippen LogP contribution in [0.2, 0.25) is 5.15 Å². The number of nitrogens with zero attached hydrogens (tertiary/aromatic N) is 1. The maximum Gasteiger partial charge on any atom is 0.502 e. The van der Waals surface area contributed by atoms with Crippen LogP contribution in [0.4, 0.5) is 12.9 Å². The van der Waals surface area contributed by atoms with E-state index in [4.69, 9.17) is 11.6 Å². The molecule has 0 unspecified atom stereocenters. The molecule has 1 aromatic heterocycles. The largest absolute Gasteiger partial charge is 0.502 e. The molecule has 0 aliphatic rings. The van der Waals surface area contributed by atoms with Gasteiger partial charge in [-0.3, -0.25) is 0 Å². The summed E-state index contributed by atoms with van der Waals surface area (Å²) in [7, 11) is 0. The molecule has 0 N–H and O–H groups in total. The molecule has 0 fully saturated rings. The van der Waals surface area contributed by atoms with Crippen molar-refractivity contribution in [2.24, 2.45) is 0 Å². The highest BCUT2D eigenvalue weighted by Gasteiger charge is 2.16. The highest BCUT2D eigenvalue weighted by atomic mass is 35.5. The molecule has 0 bridgehead atoms. The van der Waals surface area contributed by atoms with E-state index >= 15 is 0 Å². The third-order valence-electron chi connectivity index (χ3n) is 1.22. The van der Waals surface area contributed by atoms with Crippen molar-refractivity contribution in [1.82, 2.24) is 4.98 Å². The van der Waals surface area contributed by atoms with Gasteiger partial charge in [-0.05, 0) is 12.1 Å². The zero-order valence-electron chi connectivity index (χ0n) is 6.42. The van der Waals surface area contributed by atoms with Gasteiger partial charge < -0.3 is 12.9 Å². The third kappa shape index (κ3) is 3.98. The molecule has 13 heavy (non-hydrogen) atoms. The molecule has 1 nitrogen and oxygen atoms in total. The Morgan fingerprint density at radius 2 is 2.00 bits per heavy atom. The molecule has 0 aliphatic heterocycles. The van der Waals surface area contributed by atoms with Crippen LogP contribution < -0.4 is 0 Å². The van der Waals surface area contributed by atoms with Crippen LogP contribution >= 0.6 is 11.6 Å². The first-order chi connectivity index (χ1) is 5.97. The number of hydrogen-bond acceptors (Lipinski definition) is 1. The number of halogens is 4. The van der Waals surface area contributed by atoms with Crippen LogP contribution in [0.5, 0.6) is 0 Å². The highest BCUT2D eigenvalue weighted by Crippen LogP contribution is 2.13. The lowest BCUT2D eigenvalue weighted by molar-refractivity contribution is 0.499. The van der Waals surface area contributed by atoms with Crippen molar-refractivity contribution in [3.63, 3.8) is 0 Å². The molecule has 6 heteroatoms. The van der Waals surface area contributed by atoms with Crippen LogP contribution in [-0.4, -0.2) is 12.0 Å². The molecule has 70 valence electrons. The summed E-state index contributed by atoms with van der Waals surface area (Å²) in [5.74, 6) is 0.179. The first kappa shape index (κ1) is 10.1. The Morgan fingerprint density at radius 3 is 2.54 bits per heavy atom. The predicted molar refractivity (Wildman–Crippen MR) is 47.4 cm³/mol. The van der Waals surface area contributed by atoms with Crippen molar-refractivity contribution in [3.05, 3.63) is 35.0 Å². The number of aromatic nitrogens is 1. The number of hydrogen-bond donors (Lipinski definition) is 0. The van der Waals surface area contributed by atoms with E-state index in [-0.39, 0.29) is 16.8 Å². The van der Waals surface area contributed by atoms with Crippen LogP contribution in [0.25, 0.3) is 6.08 Å². The Hall–Kier alpha value is -0.965. The fourth-order valence-electron chi connectivity index (χ4n) is 0.724. The molecule has 1 rings (SSSR count). The summed E-state index contributed by atoms with van der Waals surface area (Å²) >= 11 is 5.47. The van der Waals surface area contributed by atoms with Gasteiger partial charge in [0, 0.05) is 0 Å². The molecular formula is C7H5BClF3N-. The van der Waals surface area contributed by atoms with Gasteiger partial charge in [0.1, 0.15) is 5.15 Å². The molecule has 1 heterocycles. The van der Waals surface area contributed by atoms with Gasteiger partial charge in [-0.1, -0.05) is 23.7 Å². The van der Waals surface area contributed by atoms with Crippen LogP contribution in [-0.2, 0) is 0 Å². The molecule has 0 spiro atoms. The summed E-state index contributed by atoms with van der Waals surface area (Å²) < 4.78 is 35.3. The fraction of sp³-hybridized carbons (Fsp3) is 0. The molecular weight excluding hydrogens is 201 g/mol. The van der Waals surface area contributed by atoms with Gasteiger partial charge in [-0.15, -0.1) is 5.98 Å². The molecule has 0 radical (unpaired) electrons. The van der Waals surface area contributed by atoms with E-state index < -0.39 is 6.98 Å². The minimum atomic E-state index is -4.90. The van der Waals surface area contributed by atoms with Crippen molar-refractivity contribution in [1.29, 1.82) is 0 Å². The van der Waals surface area contributed by atoms with Crippen LogP contribution in [0, 0.1) is 0 Å². The Balaban J connectivity index is 2.80. The summed E-state index contributed by atoms with van der Waals surface area (Å²) in [6.07, 6.45) is 0.895. The monoisotopic (exact) mass is 206 g/mol. The molecule has 0 amide bonds. The van der Waals surface area contributed by atoms with Crippen LogP contribution in [0.3, 0.4) is 0 Å². The summed E-state index contributed by atoms with van der Waals surface area (Å²) in [5, 5.41) is 0.178. The quantitative estimate of drug-likeness (QED) is 0.535. The topological polar surface area (TPSA) is 12.9 Å². The SMILES string of the molecule is F[B-](F)(F)/C=C/c1cccc(Cl)n1. The second-order valence-corrected chi connectivity index (χ2v) is 2.76. The van der Waals surface area contributed by atoms with E-state index in [1.165, 1.54) is 12.1 Å². The lowest BCUT2D eigenvalue weighted by atomic mass is 9.91. The van der Waals surface area contributed by atoms with Crippen molar-refractivity contribution in [3.8, 4) is 0 Å². The van der Waals surface area contributed by atoms with Gasteiger partial charge in [0.25, 0.3) is 0 Å². The molecule has 0 aliphatic carbocycles. The van der Waals surface area contributed by atoms with Gasteiger partial charge in [0.05, 0.1) is 5.69 Å². The van der Waals surface area contributed by atoms with E-state index in [0.29, 0.717) is 0 Å². The number of pyridine rings is 1. The number of rotatable bonds is 2. The Labute approximate surface area is 78.3 Å². The highest BCUT2D eigenvalue weighted by molar-refractivity contribution is 6.64. The van der Waals surface area contributed by atoms with Gasteiger partial charge in [0.2, 0.25) is 0 Å². The van der Waals surface area contributed by atoms with E-state index in [1.807, 2.05) is 0 Å². The van der Waals surface area contributed by atoms with Crippen molar-refractivity contribution in [2.45, 2.75) is 0 Å². The Morgan fingerprint density at radius 1 is 1.31 bits per heavy atom. The standard InChI is InChI=1S/C7H5BClF3N/c9-7-3-1-2-6(13-7)4-5-8(10,11)12/h1-5H/q-1/b5-4+. The smallest absolute Gasteiger partial charge is 0.445 e. The lowest BCUT2D eigenvalue weighted by Gasteiger charge is -2.05. The second-order valence-electron chi connectivity index (χ2n) is 2.37.